The van der Waals surface area contributed by atoms with E-state index in [2.05, 4.69) is 73.2 Å². The minimum Gasteiger partial charge on any atom is -0.311 e. The minimum atomic E-state index is 0.183. The fraction of sp³-hybridized carbons (Fsp3) is 0.667. The molecular weight excluding hydrogens is 310 g/mol. The second-order valence-electron chi connectivity index (χ2n) is 6.70. The van der Waals surface area contributed by atoms with Gasteiger partial charge in [-0.1, -0.05) is 66.7 Å². The van der Waals surface area contributed by atoms with Crippen molar-refractivity contribution in [2.75, 3.05) is 6.54 Å². The Morgan fingerprint density at radius 3 is 2.40 bits per heavy atom. The Kier molecular flexibility index (Phi) is 7.83. The molecule has 20 heavy (non-hydrogen) atoms. The van der Waals surface area contributed by atoms with Crippen molar-refractivity contribution in [3.8, 4) is 0 Å². The van der Waals surface area contributed by atoms with Crippen molar-refractivity contribution in [2.45, 2.75) is 71.3 Å². The number of nitrogens with one attached hydrogen (secondary N) is 1. The summed E-state index contributed by atoms with van der Waals surface area (Å²) in [6, 6.07) is 8.67. The summed E-state index contributed by atoms with van der Waals surface area (Å²) in [6.07, 6.45) is 6.61. The monoisotopic (exact) mass is 339 g/mol. The Morgan fingerprint density at radius 1 is 1.10 bits per heavy atom. The van der Waals surface area contributed by atoms with Crippen LogP contribution in [0.1, 0.15) is 71.3 Å². The Hall–Kier alpha value is -0.340. The molecule has 1 atom stereocenters. The maximum Gasteiger partial charge on any atom is 0.0210 e. The topological polar surface area (TPSA) is 12.0 Å². The molecule has 0 saturated heterocycles. The van der Waals surface area contributed by atoms with Gasteiger partial charge in [-0.25, -0.2) is 0 Å². The molecule has 0 heterocycles. The maximum atomic E-state index is 3.71. The molecule has 1 rings (SSSR count). The zero-order valence-corrected chi connectivity index (χ0v) is 15.1. The van der Waals surface area contributed by atoms with Gasteiger partial charge >= 0.3 is 0 Å². The van der Waals surface area contributed by atoms with Gasteiger partial charge in [-0.2, -0.15) is 0 Å². The molecule has 0 aliphatic carbocycles. The third kappa shape index (κ3) is 6.90. The molecule has 0 aromatic heterocycles. The van der Waals surface area contributed by atoms with Crippen molar-refractivity contribution in [3.63, 3.8) is 0 Å². The molecule has 0 radical (unpaired) electrons. The molecule has 114 valence electrons. The minimum absolute atomic E-state index is 0.183. The van der Waals surface area contributed by atoms with Gasteiger partial charge in [-0.15, -0.1) is 0 Å². The van der Waals surface area contributed by atoms with Crippen molar-refractivity contribution >= 4 is 15.9 Å². The fourth-order valence-corrected chi connectivity index (χ4v) is 3.03. The second-order valence-corrected chi connectivity index (χ2v) is 7.55. The van der Waals surface area contributed by atoms with Crippen LogP contribution in [-0.2, 0) is 0 Å². The van der Waals surface area contributed by atoms with E-state index in [1.165, 1.54) is 42.1 Å². The summed E-state index contributed by atoms with van der Waals surface area (Å²) >= 11 is 3.71. The molecule has 0 aliphatic rings. The van der Waals surface area contributed by atoms with Crippen LogP contribution in [0.4, 0.5) is 0 Å². The molecule has 1 unspecified atom stereocenters. The van der Waals surface area contributed by atoms with E-state index in [9.17, 15) is 0 Å². The number of benzene rings is 1. The van der Waals surface area contributed by atoms with E-state index < -0.39 is 0 Å². The average Bonchev–Trinajstić information content (AvgIpc) is 2.38. The van der Waals surface area contributed by atoms with Gasteiger partial charge in [0, 0.05) is 16.6 Å². The van der Waals surface area contributed by atoms with Gasteiger partial charge in [0.15, 0.2) is 0 Å². The van der Waals surface area contributed by atoms with Gasteiger partial charge < -0.3 is 5.32 Å². The van der Waals surface area contributed by atoms with Crippen molar-refractivity contribution in [3.05, 3.63) is 34.3 Å². The number of unbranched alkanes of at least 4 members (excludes halogenated alkanes) is 3. The van der Waals surface area contributed by atoms with Crippen LogP contribution in [-0.4, -0.2) is 12.1 Å². The molecule has 2 heteroatoms. The second kappa shape index (κ2) is 8.84. The van der Waals surface area contributed by atoms with Crippen LogP contribution < -0.4 is 5.32 Å². The highest BCUT2D eigenvalue weighted by Gasteiger charge is 2.17. The van der Waals surface area contributed by atoms with Crippen molar-refractivity contribution < 1.29 is 0 Å². The van der Waals surface area contributed by atoms with Crippen molar-refractivity contribution in [1.82, 2.24) is 5.32 Å². The van der Waals surface area contributed by atoms with Gasteiger partial charge in [0.05, 0.1) is 0 Å². The first-order chi connectivity index (χ1) is 9.44. The molecule has 1 nitrogen and oxygen atoms in total. The number of halogens is 1. The SMILES string of the molecule is CCCCCCC(CNC(C)(C)C)c1ccccc1Br. The number of hydrogen-bond donors (Lipinski definition) is 1. The van der Waals surface area contributed by atoms with E-state index in [4.69, 9.17) is 0 Å². The highest BCUT2D eigenvalue weighted by molar-refractivity contribution is 9.10. The van der Waals surface area contributed by atoms with E-state index in [1.807, 2.05) is 0 Å². The number of hydrogen-bond acceptors (Lipinski definition) is 1. The molecule has 1 N–H and O–H groups in total. The fourth-order valence-electron chi connectivity index (χ4n) is 2.42. The highest BCUT2D eigenvalue weighted by atomic mass is 79.9. The zero-order valence-electron chi connectivity index (χ0n) is 13.5. The standard InChI is InChI=1S/C18H30BrN/c1-5-6-7-8-11-15(14-20-18(2,3)4)16-12-9-10-13-17(16)19/h9-10,12-13,15,20H,5-8,11,14H2,1-4H3. The third-order valence-corrected chi connectivity index (χ3v) is 4.35. The van der Waals surface area contributed by atoms with Crippen molar-refractivity contribution in [2.24, 2.45) is 0 Å². The Balaban J connectivity index is 2.66. The van der Waals surface area contributed by atoms with Gasteiger partial charge in [-0.05, 0) is 44.7 Å². The Bertz CT molecular complexity index is 381. The highest BCUT2D eigenvalue weighted by Crippen LogP contribution is 2.29. The van der Waals surface area contributed by atoms with Crippen LogP contribution in [0.3, 0.4) is 0 Å². The van der Waals surface area contributed by atoms with E-state index in [0.29, 0.717) is 5.92 Å². The molecule has 1 aromatic carbocycles. The lowest BCUT2D eigenvalue weighted by molar-refractivity contribution is 0.393. The summed E-state index contributed by atoms with van der Waals surface area (Å²) < 4.78 is 1.25. The number of rotatable bonds is 8. The molecule has 0 spiro atoms. The van der Waals surface area contributed by atoms with Gasteiger partial charge in [-0.3, -0.25) is 0 Å². The first kappa shape index (κ1) is 17.7. The zero-order chi connectivity index (χ0) is 15.0. The largest absolute Gasteiger partial charge is 0.311 e. The summed E-state index contributed by atoms with van der Waals surface area (Å²) in [6.45, 7) is 10.0. The lowest BCUT2D eigenvalue weighted by Crippen LogP contribution is -2.38. The van der Waals surface area contributed by atoms with Gasteiger partial charge in [0.1, 0.15) is 0 Å². The molecule has 0 amide bonds. The van der Waals surface area contributed by atoms with E-state index in [1.54, 1.807) is 0 Å². The summed E-state index contributed by atoms with van der Waals surface area (Å²) in [7, 11) is 0. The smallest absolute Gasteiger partial charge is 0.0210 e. The molecule has 1 aromatic rings. The Morgan fingerprint density at radius 2 is 1.80 bits per heavy atom. The Labute approximate surface area is 133 Å². The van der Waals surface area contributed by atoms with Crippen molar-refractivity contribution in [1.29, 1.82) is 0 Å². The van der Waals surface area contributed by atoms with Crippen LogP contribution in [0.25, 0.3) is 0 Å². The normalized spacial score (nSPS) is 13.4. The van der Waals surface area contributed by atoms with E-state index in [-0.39, 0.29) is 5.54 Å². The van der Waals surface area contributed by atoms with Gasteiger partial charge in [0.25, 0.3) is 0 Å². The molecule has 0 bridgehead atoms. The van der Waals surface area contributed by atoms with Crippen LogP contribution in [0.15, 0.2) is 28.7 Å². The summed E-state index contributed by atoms with van der Waals surface area (Å²) in [4.78, 5) is 0. The molecule has 0 saturated carbocycles. The lowest BCUT2D eigenvalue weighted by Gasteiger charge is -2.26. The predicted octanol–water partition coefficient (Wildman–Crippen LogP) is 5.89. The van der Waals surface area contributed by atoms with Crippen LogP contribution in [0.2, 0.25) is 0 Å². The summed E-state index contributed by atoms with van der Waals surface area (Å²) in [5.74, 6) is 0.599. The summed E-state index contributed by atoms with van der Waals surface area (Å²) in [5, 5.41) is 3.67. The first-order valence-electron chi connectivity index (χ1n) is 7.93. The quantitative estimate of drug-likeness (QED) is 0.582. The molecule has 0 fully saturated rings. The third-order valence-electron chi connectivity index (χ3n) is 3.63. The maximum absolute atomic E-state index is 3.71. The van der Waals surface area contributed by atoms with Crippen LogP contribution in [0, 0.1) is 0 Å². The first-order valence-corrected chi connectivity index (χ1v) is 8.73. The van der Waals surface area contributed by atoms with Crippen LogP contribution in [0.5, 0.6) is 0 Å². The average molecular weight is 340 g/mol. The predicted molar refractivity (Wildman–Crippen MR) is 93.4 cm³/mol. The van der Waals surface area contributed by atoms with E-state index >= 15 is 0 Å². The molecular formula is C18H30BrN. The van der Waals surface area contributed by atoms with Gasteiger partial charge in [0.2, 0.25) is 0 Å². The van der Waals surface area contributed by atoms with Crippen LogP contribution >= 0.6 is 15.9 Å². The molecule has 0 aliphatic heterocycles. The van der Waals surface area contributed by atoms with E-state index in [0.717, 1.165) is 6.54 Å². The summed E-state index contributed by atoms with van der Waals surface area (Å²) in [5.41, 5.74) is 1.63. The lowest BCUT2D eigenvalue weighted by atomic mass is 9.92.